The summed E-state index contributed by atoms with van der Waals surface area (Å²) in [4.78, 5) is 1.68. The molecule has 0 saturated carbocycles. The lowest BCUT2D eigenvalue weighted by Crippen LogP contribution is -2.24. The topological polar surface area (TPSA) is 50.5 Å². The quantitative estimate of drug-likeness (QED) is 0.829. The lowest BCUT2D eigenvalue weighted by molar-refractivity contribution is -0.137. The molecule has 7 heteroatoms. The highest BCUT2D eigenvalue weighted by molar-refractivity contribution is 5.84. The van der Waals surface area contributed by atoms with Crippen LogP contribution in [-0.4, -0.2) is 6.61 Å². The number of anilines is 3. The van der Waals surface area contributed by atoms with Gasteiger partial charge in [0.15, 0.2) is 0 Å². The van der Waals surface area contributed by atoms with E-state index in [9.17, 15) is 13.2 Å². The molecule has 24 heavy (non-hydrogen) atoms. The molecule has 2 aromatic carbocycles. The number of ether oxygens (including phenoxy) is 1. The van der Waals surface area contributed by atoms with Crippen LogP contribution in [-0.2, 0) is 12.6 Å². The van der Waals surface area contributed by atoms with E-state index in [4.69, 9.17) is 10.5 Å². The lowest BCUT2D eigenvalue weighted by Gasteiger charge is -2.30. The molecule has 0 unspecified atom stereocenters. The van der Waals surface area contributed by atoms with Crippen molar-refractivity contribution in [2.75, 3.05) is 16.8 Å². The van der Waals surface area contributed by atoms with Gasteiger partial charge in [0, 0.05) is 18.2 Å². The number of nitrogens with two attached hydrogens (primary N) is 1. The molecule has 2 aliphatic rings. The van der Waals surface area contributed by atoms with Crippen LogP contribution in [0.1, 0.15) is 11.1 Å². The van der Waals surface area contributed by atoms with E-state index in [1.54, 1.807) is 11.1 Å². The Hall–Kier alpha value is -2.83. The Balaban J connectivity index is 1.88. The van der Waals surface area contributed by atoms with Crippen LogP contribution in [0.2, 0.25) is 0 Å². The van der Waals surface area contributed by atoms with Crippen molar-refractivity contribution in [1.82, 2.24) is 0 Å². The number of nitrogens with zero attached hydrogens (tertiary/aromatic N) is 1. The summed E-state index contributed by atoms with van der Waals surface area (Å²) in [5, 5.41) is 2.90. The molecule has 3 N–H and O–H groups in total. The van der Waals surface area contributed by atoms with Crippen molar-refractivity contribution in [2.45, 2.75) is 12.6 Å². The van der Waals surface area contributed by atoms with Gasteiger partial charge in [0.2, 0.25) is 0 Å². The van der Waals surface area contributed by atoms with E-state index in [1.807, 2.05) is 18.2 Å². The smallest absolute Gasteiger partial charge is 0.416 e. The van der Waals surface area contributed by atoms with Crippen LogP contribution in [0, 0.1) is 0 Å². The molecule has 0 aromatic heterocycles. The molecule has 0 saturated heterocycles. The number of halogens is 3. The fraction of sp³-hybridized carbons (Fsp3) is 0.176. The lowest BCUT2D eigenvalue weighted by atomic mass is 10.1. The predicted octanol–water partition coefficient (Wildman–Crippen LogP) is 3.96. The Morgan fingerprint density at radius 3 is 2.75 bits per heavy atom. The van der Waals surface area contributed by atoms with E-state index in [0.717, 1.165) is 29.1 Å². The summed E-state index contributed by atoms with van der Waals surface area (Å²) in [6.07, 6.45) is -2.11. The van der Waals surface area contributed by atoms with Crippen molar-refractivity contribution in [3.63, 3.8) is 0 Å². The van der Waals surface area contributed by atoms with Gasteiger partial charge < -0.3 is 20.7 Å². The van der Waals surface area contributed by atoms with Crippen LogP contribution in [0.5, 0.6) is 5.75 Å². The van der Waals surface area contributed by atoms with Gasteiger partial charge in [-0.15, -0.1) is 0 Å². The number of fused-ring (bicyclic) bond motifs is 2. The summed E-state index contributed by atoms with van der Waals surface area (Å²) in [7, 11) is 0. The van der Waals surface area contributed by atoms with Gasteiger partial charge in [0.25, 0.3) is 0 Å². The maximum absolute atomic E-state index is 13.1. The van der Waals surface area contributed by atoms with E-state index in [-0.39, 0.29) is 0 Å². The molecule has 0 spiro atoms. The zero-order valence-electron chi connectivity index (χ0n) is 12.5. The van der Waals surface area contributed by atoms with E-state index in [1.165, 1.54) is 6.07 Å². The molecule has 0 atom stereocenters. The molecule has 4 nitrogen and oxygen atoms in total. The van der Waals surface area contributed by atoms with Gasteiger partial charge in [-0.2, -0.15) is 13.2 Å². The van der Waals surface area contributed by atoms with Crippen molar-refractivity contribution >= 4 is 17.1 Å². The van der Waals surface area contributed by atoms with Crippen molar-refractivity contribution in [3.05, 3.63) is 59.5 Å². The van der Waals surface area contributed by atoms with Gasteiger partial charge in [0.1, 0.15) is 11.6 Å². The molecule has 0 aliphatic carbocycles. The zero-order chi connectivity index (χ0) is 16.9. The minimum absolute atomic E-state index is 0.360. The van der Waals surface area contributed by atoms with Crippen molar-refractivity contribution in [1.29, 1.82) is 0 Å². The van der Waals surface area contributed by atoms with Gasteiger partial charge in [-0.05, 0) is 30.3 Å². The number of hydrogen-bond donors (Lipinski definition) is 2. The zero-order valence-corrected chi connectivity index (χ0v) is 12.5. The standard InChI is InChI=1S/C17H14F3N3O/c18-17(19,20)10-4-5-12-14(8-10)23(9-16(21)22-12)13-2-1-3-15-11(13)6-7-24-15/h1-5,8-9,22H,6-7,21H2. The van der Waals surface area contributed by atoms with E-state index < -0.39 is 11.7 Å². The molecule has 2 aromatic rings. The molecular formula is C17H14F3N3O. The molecule has 0 radical (unpaired) electrons. The first-order valence-electron chi connectivity index (χ1n) is 7.43. The second kappa shape index (κ2) is 5.09. The Morgan fingerprint density at radius 2 is 1.96 bits per heavy atom. The van der Waals surface area contributed by atoms with Gasteiger partial charge in [-0.1, -0.05) is 6.07 Å². The van der Waals surface area contributed by atoms with Gasteiger partial charge >= 0.3 is 6.18 Å². The first-order chi connectivity index (χ1) is 11.4. The molecule has 2 aliphatic heterocycles. The van der Waals surface area contributed by atoms with E-state index in [2.05, 4.69) is 5.32 Å². The van der Waals surface area contributed by atoms with Gasteiger partial charge in [-0.3, -0.25) is 0 Å². The minimum atomic E-state index is -4.41. The Bertz CT molecular complexity index is 845. The summed E-state index contributed by atoms with van der Waals surface area (Å²) in [6.45, 7) is 0.563. The van der Waals surface area contributed by atoms with Crippen LogP contribution in [0.25, 0.3) is 0 Å². The maximum Gasteiger partial charge on any atom is 0.416 e. The van der Waals surface area contributed by atoms with Crippen LogP contribution in [0.4, 0.5) is 30.2 Å². The summed E-state index contributed by atoms with van der Waals surface area (Å²) in [5.74, 6) is 1.12. The third-order valence-corrected chi connectivity index (χ3v) is 4.11. The largest absolute Gasteiger partial charge is 0.493 e. The van der Waals surface area contributed by atoms with Crippen LogP contribution in [0.3, 0.4) is 0 Å². The van der Waals surface area contributed by atoms with Crippen molar-refractivity contribution < 1.29 is 17.9 Å². The highest BCUT2D eigenvalue weighted by Crippen LogP contribution is 2.44. The summed E-state index contributed by atoms with van der Waals surface area (Å²) in [6, 6.07) is 9.09. The second-order valence-corrected chi connectivity index (χ2v) is 5.66. The molecule has 4 rings (SSSR count). The number of hydrogen-bond acceptors (Lipinski definition) is 4. The monoisotopic (exact) mass is 333 g/mol. The normalized spacial score (nSPS) is 16.0. The highest BCUT2D eigenvalue weighted by Gasteiger charge is 2.33. The molecule has 124 valence electrons. The van der Waals surface area contributed by atoms with E-state index >= 15 is 0 Å². The summed E-state index contributed by atoms with van der Waals surface area (Å²) < 4.78 is 44.8. The molecule has 2 heterocycles. The van der Waals surface area contributed by atoms with Gasteiger partial charge in [0.05, 0.1) is 29.2 Å². The number of rotatable bonds is 1. The first-order valence-corrected chi connectivity index (χ1v) is 7.43. The average molecular weight is 333 g/mol. The second-order valence-electron chi connectivity index (χ2n) is 5.66. The molecular weight excluding hydrogens is 319 g/mol. The van der Waals surface area contributed by atoms with Crippen molar-refractivity contribution in [2.24, 2.45) is 5.73 Å². The van der Waals surface area contributed by atoms with Crippen molar-refractivity contribution in [3.8, 4) is 5.75 Å². The highest BCUT2D eigenvalue weighted by atomic mass is 19.4. The average Bonchev–Trinajstić information content (AvgIpc) is 3.01. The molecule has 0 bridgehead atoms. The summed E-state index contributed by atoms with van der Waals surface area (Å²) >= 11 is 0. The summed E-state index contributed by atoms with van der Waals surface area (Å²) in [5.41, 5.74) is 7.87. The van der Waals surface area contributed by atoms with Crippen LogP contribution >= 0.6 is 0 Å². The fourth-order valence-electron chi connectivity index (χ4n) is 3.04. The third kappa shape index (κ3) is 2.33. The third-order valence-electron chi connectivity index (χ3n) is 4.11. The number of alkyl halides is 3. The fourth-order valence-corrected chi connectivity index (χ4v) is 3.04. The SMILES string of the molecule is NC1=CN(c2cccc3c2CCO3)c2cc(C(F)(F)F)ccc2N1. The minimum Gasteiger partial charge on any atom is -0.493 e. The molecule has 0 amide bonds. The Morgan fingerprint density at radius 1 is 1.12 bits per heavy atom. The maximum atomic E-state index is 13.1. The Labute approximate surface area is 136 Å². The van der Waals surface area contributed by atoms with Gasteiger partial charge in [-0.25, -0.2) is 0 Å². The number of nitrogens with one attached hydrogen (secondary N) is 1. The first kappa shape index (κ1) is 14.7. The van der Waals surface area contributed by atoms with E-state index in [0.29, 0.717) is 30.2 Å². The Kier molecular flexibility index (Phi) is 3.13. The predicted molar refractivity (Wildman–Crippen MR) is 85.1 cm³/mol. The van der Waals surface area contributed by atoms with Crippen LogP contribution in [0.15, 0.2) is 48.4 Å². The number of benzene rings is 2. The van der Waals surface area contributed by atoms with Crippen LogP contribution < -0.4 is 20.7 Å². The molecule has 0 fully saturated rings.